The minimum atomic E-state index is 0.00585. The van der Waals surface area contributed by atoms with E-state index in [1.807, 2.05) is 6.92 Å². The van der Waals surface area contributed by atoms with E-state index in [0.29, 0.717) is 6.54 Å². The molecule has 2 atom stereocenters. The summed E-state index contributed by atoms with van der Waals surface area (Å²) in [6.07, 6.45) is 0. The molecule has 0 bridgehead atoms. The van der Waals surface area contributed by atoms with E-state index in [9.17, 15) is 4.79 Å². The average Bonchev–Trinajstić information content (AvgIpc) is 2.52. The molecule has 0 heterocycles. The van der Waals surface area contributed by atoms with Gasteiger partial charge >= 0.3 is 0 Å². The lowest BCUT2D eigenvalue weighted by Gasteiger charge is -2.20. The standard InChI is InChI=1S/C22H30N2O/c1-14-7-9-20(16(3)11-14)18(5)23-13-22(25)24-19(6)21-10-8-15(2)12-17(21)4/h7-12,18-19,23H,13H2,1-6H3,(H,24,25)/t18-,19-/m0/s1. The summed E-state index contributed by atoms with van der Waals surface area (Å²) >= 11 is 0. The Balaban J connectivity index is 1.91. The Kier molecular flexibility index (Phi) is 6.38. The second-order valence-electron chi connectivity index (χ2n) is 7.11. The number of hydrogen-bond acceptors (Lipinski definition) is 2. The van der Waals surface area contributed by atoms with Crippen molar-refractivity contribution >= 4 is 5.91 Å². The molecule has 2 aromatic rings. The van der Waals surface area contributed by atoms with Gasteiger partial charge in [0.1, 0.15) is 0 Å². The maximum Gasteiger partial charge on any atom is 0.234 e. The van der Waals surface area contributed by atoms with Crippen LogP contribution in [-0.2, 0) is 4.79 Å². The van der Waals surface area contributed by atoms with E-state index in [-0.39, 0.29) is 18.0 Å². The van der Waals surface area contributed by atoms with Gasteiger partial charge in [-0.15, -0.1) is 0 Å². The molecule has 0 aromatic heterocycles. The first-order chi connectivity index (χ1) is 11.8. The van der Waals surface area contributed by atoms with Crippen molar-refractivity contribution in [3.8, 4) is 0 Å². The Bertz CT molecular complexity index is 752. The summed E-state index contributed by atoms with van der Waals surface area (Å²) in [6, 6.07) is 12.9. The van der Waals surface area contributed by atoms with Crippen LogP contribution in [0.5, 0.6) is 0 Å². The number of nitrogens with one attached hydrogen (secondary N) is 2. The lowest BCUT2D eigenvalue weighted by molar-refractivity contribution is -0.121. The molecule has 3 heteroatoms. The number of hydrogen-bond donors (Lipinski definition) is 2. The van der Waals surface area contributed by atoms with Gasteiger partial charge in [0.15, 0.2) is 0 Å². The molecule has 2 aromatic carbocycles. The van der Waals surface area contributed by atoms with Crippen LogP contribution in [-0.4, -0.2) is 12.5 Å². The fourth-order valence-electron chi connectivity index (χ4n) is 3.35. The van der Waals surface area contributed by atoms with E-state index in [0.717, 1.165) is 0 Å². The minimum Gasteiger partial charge on any atom is -0.348 e. The third-order valence-electron chi connectivity index (χ3n) is 4.73. The zero-order valence-corrected chi connectivity index (χ0v) is 16.2. The molecule has 1 amide bonds. The molecule has 0 saturated heterocycles. The van der Waals surface area contributed by atoms with E-state index in [1.54, 1.807) is 0 Å². The molecular weight excluding hydrogens is 308 g/mol. The lowest BCUT2D eigenvalue weighted by atomic mass is 10.00. The zero-order valence-electron chi connectivity index (χ0n) is 16.2. The highest BCUT2D eigenvalue weighted by Crippen LogP contribution is 2.19. The van der Waals surface area contributed by atoms with Gasteiger partial charge in [-0.3, -0.25) is 4.79 Å². The van der Waals surface area contributed by atoms with E-state index < -0.39 is 0 Å². The monoisotopic (exact) mass is 338 g/mol. The van der Waals surface area contributed by atoms with Crippen molar-refractivity contribution in [2.45, 2.75) is 53.6 Å². The molecule has 0 radical (unpaired) electrons. The number of carbonyl (C=O) groups excluding carboxylic acids is 1. The molecule has 25 heavy (non-hydrogen) atoms. The van der Waals surface area contributed by atoms with Crippen molar-refractivity contribution in [3.63, 3.8) is 0 Å². The van der Waals surface area contributed by atoms with Crippen molar-refractivity contribution in [2.75, 3.05) is 6.54 Å². The topological polar surface area (TPSA) is 41.1 Å². The third-order valence-corrected chi connectivity index (χ3v) is 4.73. The molecule has 2 rings (SSSR count). The number of aryl methyl sites for hydroxylation is 4. The molecule has 0 aliphatic carbocycles. The van der Waals surface area contributed by atoms with Crippen LogP contribution in [0.3, 0.4) is 0 Å². The predicted molar refractivity (Wildman–Crippen MR) is 105 cm³/mol. The van der Waals surface area contributed by atoms with Crippen LogP contribution in [0.15, 0.2) is 36.4 Å². The number of carbonyl (C=O) groups is 1. The van der Waals surface area contributed by atoms with Gasteiger partial charge in [-0.2, -0.15) is 0 Å². The van der Waals surface area contributed by atoms with Crippen LogP contribution in [0.1, 0.15) is 59.3 Å². The van der Waals surface area contributed by atoms with Crippen molar-refractivity contribution in [2.24, 2.45) is 0 Å². The molecular formula is C22H30N2O. The molecule has 0 aliphatic heterocycles. The van der Waals surface area contributed by atoms with Gasteiger partial charge in [0.2, 0.25) is 5.91 Å². The molecule has 0 unspecified atom stereocenters. The van der Waals surface area contributed by atoms with Gasteiger partial charge in [0.25, 0.3) is 0 Å². The van der Waals surface area contributed by atoms with Gasteiger partial charge in [0.05, 0.1) is 12.6 Å². The minimum absolute atomic E-state index is 0.00585. The Morgan fingerprint density at radius 2 is 1.32 bits per heavy atom. The van der Waals surface area contributed by atoms with Crippen LogP contribution in [0.4, 0.5) is 0 Å². The van der Waals surface area contributed by atoms with Gasteiger partial charge in [-0.1, -0.05) is 47.5 Å². The van der Waals surface area contributed by atoms with Gasteiger partial charge in [-0.05, 0) is 63.8 Å². The average molecular weight is 338 g/mol. The van der Waals surface area contributed by atoms with E-state index in [2.05, 4.69) is 81.7 Å². The summed E-state index contributed by atoms with van der Waals surface area (Å²) in [6.45, 7) is 12.8. The third kappa shape index (κ3) is 5.17. The van der Waals surface area contributed by atoms with Gasteiger partial charge in [0, 0.05) is 6.04 Å². The molecule has 0 fully saturated rings. The van der Waals surface area contributed by atoms with Gasteiger partial charge in [-0.25, -0.2) is 0 Å². The lowest BCUT2D eigenvalue weighted by Crippen LogP contribution is -2.36. The van der Waals surface area contributed by atoms with Crippen LogP contribution < -0.4 is 10.6 Å². The molecule has 0 spiro atoms. The molecule has 0 saturated carbocycles. The predicted octanol–water partition coefficient (Wildman–Crippen LogP) is 4.45. The van der Waals surface area contributed by atoms with Crippen molar-refractivity contribution in [3.05, 3.63) is 69.8 Å². The second-order valence-corrected chi connectivity index (χ2v) is 7.11. The number of benzene rings is 2. The summed E-state index contributed by atoms with van der Waals surface area (Å²) in [5.41, 5.74) is 7.37. The second kappa shape index (κ2) is 8.30. The highest BCUT2D eigenvalue weighted by atomic mass is 16.1. The summed E-state index contributed by atoms with van der Waals surface area (Å²) < 4.78 is 0. The van der Waals surface area contributed by atoms with E-state index >= 15 is 0 Å². The van der Waals surface area contributed by atoms with Gasteiger partial charge < -0.3 is 10.6 Å². The summed E-state index contributed by atoms with van der Waals surface area (Å²) in [4.78, 5) is 12.3. The number of rotatable bonds is 6. The Morgan fingerprint density at radius 1 is 0.840 bits per heavy atom. The Morgan fingerprint density at radius 3 is 1.80 bits per heavy atom. The first kappa shape index (κ1) is 19.2. The Labute approximate surface area is 151 Å². The first-order valence-corrected chi connectivity index (χ1v) is 8.95. The van der Waals surface area contributed by atoms with Crippen LogP contribution in [0, 0.1) is 27.7 Å². The molecule has 3 nitrogen and oxygen atoms in total. The van der Waals surface area contributed by atoms with Crippen molar-refractivity contribution < 1.29 is 4.79 Å². The SMILES string of the molecule is Cc1ccc([C@H](C)NCC(=O)N[C@@H](C)c2ccc(C)cc2C)c(C)c1. The Hall–Kier alpha value is -2.13. The van der Waals surface area contributed by atoms with Crippen molar-refractivity contribution in [1.29, 1.82) is 0 Å². The van der Waals surface area contributed by atoms with E-state index in [1.165, 1.54) is 33.4 Å². The maximum atomic E-state index is 12.3. The van der Waals surface area contributed by atoms with Crippen molar-refractivity contribution in [1.82, 2.24) is 10.6 Å². The quantitative estimate of drug-likeness (QED) is 0.817. The normalized spacial score (nSPS) is 13.4. The molecule has 0 aliphatic rings. The molecule has 2 N–H and O–H groups in total. The number of amides is 1. The fourth-order valence-corrected chi connectivity index (χ4v) is 3.35. The smallest absolute Gasteiger partial charge is 0.234 e. The summed E-state index contributed by atoms with van der Waals surface area (Å²) in [7, 11) is 0. The highest BCUT2D eigenvalue weighted by molar-refractivity contribution is 5.78. The van der Waals surface area contributed by atoms with E-state index in [4.69, 9.17) is 0 Å². The zero-order chi connectivity index (χ0) is 18.6. The summed E-state index contributed by atoms with van der Waals surface area (Å²) in [5.74, 6) is 0.0177. The first-order valence-electron chi connectivity index (χ1n) is 8.95. The maximum absolute atomic E-state index is 12.3. The highest BCUT2D eigenvalue weighted by Gasteiger charge is 2.14. The summed E-state index contributed by atoms with van der Waals surface area (Å²) in [5, 5.41) is 6.41. The van der Waals surface area contributed by atoms with Crippen LogP contribution in [0.2, 0.25) is 0 Å². The fraction of sp³-hybridized carbons (Fsp3) is 0.409. The largest absolute Gasteiger partial charge is 0.348 e. The molecule has 134 valence electrons. The van der Waals surface area contributed by atoms with Crippen LogP contribution in [0.25, 0.3) is 0 Å². The van der Waals surface area contributed by atoms with Crippen LogP contribution >= 0.6 is 0 Å².